The van der Waals surface area contributed by atoms with Gasteiger partial charge in [-0.15, -0.1) is 0 Å². The van der Waals surface area contributed by atoms with Crippen molar-refractivity contribution >= 4 is 57.6 Å². The van der Waals surface area contributed by atoms with E-state index in [2.05, 4.69) is 41.3 Å². The molecule has 146 valence electrons. The zero-order chi connectivity index (χ0) is 20.5. The lowest BCUT2D eigenvalue weighted by molar-refractivity contribution is -0.113. The standard InChI is InChI=1S/C21H17ClN4OS2/c1-13-5-7-15(8-6-13)12-25-19(22)17(14(2)24-25)10-18-20(27)26(21(28)29-18)16-4-3-9-23-11-16/h3-11H,12H2,1-2H3/b18-10-. The third-order valence-corrected chi connectivity index (χ3v) is 6.24. The van der Waals surface area contributed by atoms with Crippen LogP contribution < -0.4 is 4.90 Å². The first-order chi connectivity index (χ1) is 13.9. The minimum absolute atomic E-state index is 0.185. The summed E-state index contributed by atoms with van der Waals surface area (Å²) in [5.74, 6) is -0.185. The van der Waals surface area contributed by atoms with Gasteiger partial charge in [-0.05, 0) is 37.6 Å². The predicted octanol–water partition coefficient (Wildman–Crippen LogP) is 5.00. The smallest absolute Gasteiger partial charge is 0.268 e. The highest BCUT2D eigenvalue weighted by Crippen LogP contribution is 2.37. The first-order valence-electron chi connectivity index (χ1n) is 8.90. The average molecular weight is 441 g/mol. The summed E-state index contributed by atoms with van der Waals surface area (Å²) in [5.41, 5.74) is 4.44. The van der Waals surface area contributed by atoms with Crippen LogP contribution in [-0.4, -0.2) is 25.0 Å². The molecule has 3 heterocycles. The van der Waals surface area contributed by atoms with E-state index in [1.807, 2.05) is 6.92 Å². The molecular formula is C21H17ClN4OS2. The zero-order valence-corrected chi connectivity index (χ0v) is 18.2. The fourth-order valence-corrected chi connectivity index (χ4v) is 4.58. The molecular weight excluding hydrogens is 424 g/mol. The van der Waals surface area contributed by atoms with E-state index in [-0.39, 0.29) is 5.91 Å². The van der Waals surface area contributed by atoms with Crippen LogP contribution in [0.5, 0.6) is 0 Å². The molecule has 0 atom stereocenters. The molecule has 3 aromatic rings. The average Bonchev–Trinajstić information content (AvgIpc) is 3.14. The lowest BCUT2D eigenvalue weighted by Crippen LogP contribution is -2.27. The molecule has 4 rings (SSSR count). The van der Waals surface area contributed by atoms with Crippen molar-refractivity contribution < 1.29 is 4.79 Å². The van der Waals surface area contributed by atoms with E-state index < -0.39 is 0 Å². The molecule has 1 fully saturated rings. The molecule has 0 unspecified atom stereocenters. The minimum Gasteiger partial charge on any atom is -0.268 e. The van der Waals surface area contributed by atoms with Crippen LogP contribution in [0.1, 0.15) is 22.4 Å². The van der Waals surface area contributed by atoms with Gasteiger partial charge >= 0.3 is 0 Å². The molecule has 0 radical (unpaired) electrons. The predicted molar refractivity (Wildman–Crippen MR) is 122 cm³/mol. The number of thioether (sulfide) groups is 1. The van der Waals surface area contributed by atoms with Crippen LogP contribution in [0, 0.1) is 13.8 Å². The maximum Gasteiger partial charge on any atom is 0.270 e. The molecule has 1 amide bonds. The van der Waals surface area contributed by atoms with Gasteiger partial charge in [-0.25, -0.2) is 4.68 Å². The number of anilines is 1. The molecule has 0 aliphatic carbocycles. The number of aromatic nitrogens is 3. The molecule has 0 spiro atoms. The number of carbonyl (C=O) groups is 1. The number of amides is 1. The van der Waals surface area contributed by atoms with E-state index in [0.717, 1.165) is 16.8 Å². The second-order valence-corrected chi connectivity index (χ2v) is 8.70. The molecule has 0 saturated carbocycles. The van der Waals surface area contributed by atoms with Gasteiger partial charge in [0.2, 0.25) is 0 Å². The molecule has 1 aromatic carbocycles. The SMILES string of the molecule is Cc1ccc(Cn2nc(C)c(/C=C3\SC(=S)N(c4cccnc4)C3=O)c2Cl)cc1. The molecule has 1 aliphatic heterocycles. The van der Waals surface area contributed by atoms with Gasteiger partial charge in [-0.3, -0.25) is 14.7 Å². The van der Waals surface area contributed by atoms with Crippen LogP contribution in [0.15, 0.2) is 53.7 Å². The first-order valence-corrected chi connectivity index (χ1v) is 10.5. The largest absolute Gasteiger partial charge is 0.270 e. The van der Waals surface area contributed by atoms with Gasteiger partial charge in [0.1, 0.15) is 5.15 Å². The Labute approximate surface area is 183 Å². The number of hydrogen-bond donors (Lipinski definition) is 0. The second kappa shape index (κ2) is 8.10. The highest BCUT2D eigenvalue weighted by atomic mass is 35.5. The Kier molecular flexibility index (Phi) is 5.54. The van der Waals surface area contributed by atoms with Crippen LogP contribution in [0.3, 0.4) is 0 Å². The second-order valence-electron chi connectivity index (χ2n) is 6.66. The monoisotopic (exact) mass is 440 g/mol. The lowest BCUT2D eigenvalue weighted by Gasteiger charge is -2.13. The van der Waals surface area contributed by atoms with Crippen molar-refractivity contribution in [3.63, 3.8) is 0 Å². The van der Waals surface area contributed by atoms with Gasteiger partial charge in [-0.2, -0.15) is 5.10 Å². The van der Waals surface area contributed by atoms with E-state index in [4.69, 9.17) is 23.8 Å². The van der Waals surface area contributed by atoms with Crippen molar-refractivity contribution in [2.75, 3.05) is 4.90 Å². The Hall–Kier alpha value is -2.48. The number of nitrogens with zero attached hydrogens (tertiary/aromatic N) is 4. The van der Waals surface area contributed by atoms with Gasteiger partial charge in [-0.1, -0.05) is 65.4 Å². The minimum atomic E-state index is -0.185. The summed E-state index contributed by atoms with van der Waals surface area (Å²) in [6.45, 7) is 4.49. The van der Waals surface area contributed by atoms with Crippen molar-refractivity contribution in [3.05, 3.63) is 81.2 Å². The Morgan fingerprint density at radius 1 is 1.21 bits per heavy atom. The maximum atomic E-state index is 12.9. The highest BCUT2D eigenvalue weighted by Gasteiger charge is 2.34. The number of aryl methyl sites for hydroxylation is 2. The van der Waals surface area contributed by atoms with Gasteiger partial charge in [0, 0.05) is 11.8 Å². The highest BCUT2D eigenvalue weighted by molar-refractivity contribution is 8.27. The number of pyridine rings is 1. The zero-order valence-electron chi connectivity index (χ0n) is 15.8. The Bertz CT molecular complexity index is 1120. The molecule has 5 nitrogen and oxygen atoms in total. The van der Waals surface area contributed by atoms with Crippen molar-refractivity contribution in [1.29, 1.82) is 0 Å². The number of carbonyl (C=O) groups excluding carboxylic acids is 1. The van der Waals surface area contributed by atoms with Gasteiger partial charge in [0.15, 0.2) is 4.32 Å². The molecule has 0 bridgehead atoms. The van der Waals surface area contributed by atoms with E-state index in [1.165, 1.54) is 22.2 Å². The number of halogens is 1. The van der Waals surface area contributed by atoms with E-state index in [1.54, 1.807) is 35.3 Å². The third-order valence-electron chi connectivity index (χ3n) is 4.54. The van der Waals surface area contributed by atoms with E-state index in [0.29, 0.717) is 26.6 Å². The maximum absolute atomic E-state index is 12.9. The molecule has 1 saturated heterocycles. The topological polar surface area (TPSA) is 51.0 Å². The first kappa shape index (κ1) is 19.8. The number of rotatable bonds is 4. The van der Waals surface area contributed by atoms with Gasteiger partial charge < -0.3 is 0 Å². The van der Waals surface area contributed by atoms with Gasteiger partial charge in [0.05, 0.1) is 29.0 Å². The number of thiocarbonyl (C=S) groups is 1. The molecule has 8 heteroatoms. The van der Waals surface area contributed by atoms with Crippen LogP contribution in [-0.2, 0) is 11.3 Å². The summed E-state index contributed by atoms with van der Waals surface area (Å²) in [5, 5.41) is 5.05. The summed E-state index contributed by atoms with van der Waals surface area (Å²) < 4.78 is 2.21. The summed E-state index contributed by atoms with van der Waals surface area (Å²) in [6, 6.07) is 11.8. The van der Waals surface area contributed by atoms with Crippen LogP contribution in [0.2, 0.25) is 5.15 Å². The quantitative estimate of drug-likeness (QED) is 0.422. The summed E-state index contributed by atoms with van der Waals surface area (Å²) in [6.07, 6.45) is 5.04. The third kappa shape index (κ3) is 3.99. The number of benzene rings is 1. The van der Waals surface area contributed by atoms with Gasteiger partial charge in [0.25, 0.3) is 5.91 Å². The lowest BCUT2D eigenvalue weighted by atomic mass is 10.1. The normalized spacial score (nSPS) is 15.6. The molecule has 0 N–H and O–H groups in total. The fourth-order valence-electron chi connectivity index (χ4n) is 3.01. The number of hydrogen-bond acceptors (Lipinski definition) is 5. The summed E-state index contributed by atoms with van der Waals surface area (Å²) >= 11 is 13.3. The summed E-state index contributed by atoms with van der Waals surface area (Å²) in [7, 11) is 0. The Morgan fingerprint density at radius 2 is 1.97 bits per heavy atom. The molecule has 1 aliphatic rings. The Morgan fingerprint density at radius 3 is 2.66 bits per heavy atom. The van der Waals surface area contributed by atoms with Crippen molar-refractivity contribution in [2.45, 2.75) is 20.4 Å². The van der Waals surface area contributed by atoms with Crippen LogP contribution in [0.4, 0.5) is 5.69 Å². The molecule has 2 aromatic heterocycles. The van der Waals surface area contributed by atoms with Crippen molar-refractivity contribution in [2.24, 2.45) is 0 Å². The van der Waals surface area contributed by atoms with Crippen molar-refractivity contribution in [1.82, 2.24) is 14.8 Å². The Balaban J connectivity index is 1.63. The van der Waals surface area contributed by atoms with Crippen molar-refractivity contribution in [3.8, 4) is 0 Å². The molecule has 29 heavy (non-hydrogen) atoms. The van der Waals surface area contributed by atoms with E-state index in [9.17, 15) is 4.79 Å². The fraction of sp³-hybridized carbons (Fsp3) is 0.143. The van der Waals surface area contributed by atoms with Crippen LogP contribution in [0.25, 0.3) is 6.08 Å². The summed E-state index contributed by atoms with van der Waals surface area (Å²) in [4.78, 5) is 19.0. The van der Waals surface area contributed by atoms with E-state index >= 15 is 0 Å². The van der Waals surface area contributed by atoms with Crippen LogP contribution >= 0.6 is 35.6 Å².